The van der Waals surface area contributed by atoms with Gasteiger partial charge in [-0.3, -0.25) is 9.59 Å². The van der Waals surface area contributed by atoms with Crippen LogP contribution in [0.25, 0.3) is 0 Å². The molecule has 4 N–H and O–H groups in total. The highest BCUT2D eigenvalue weighted by Crippen LogP contribution is 2.12. The van der Waals surface area contributed by atoms with Crippen LogP contribution in [0.4, 0.5) is 0 Å². The number of carbonyl (C=O) groups excluding carboxylic acids is 2. The van der Waals surface area contributed by atoms with Crippen molar-refractivity contribution in [2.45, 2.75) is 90.0 Å². The van der Waals surface area contributed by atoms with E-state index in [1.54, 1.807) is 0 Å². The molecule has 1 atom stereocenters. The SMILES string of the molecule is CCCCCCCCCCCCCC(=O)C(N)C(N)=O. The number of ketones is 1. The Morgan fingerprint density at radius 1 is 0.800 bits per heavy atom. The summed E-state index contributed by atoms with van der Waals surface area (Å²) >= 11 is 0. The third-order valence-corrected chi connectivity index (χ3v) is 3.68. The first-order valence-corrected chi connectivity index (χ1v) is 8.17. The lowest BCUT2D eigenvalue weighted by Crippen LogP contribution is -2.43. The highest BCUT2D eigenvalue weighted by atomic mass is 16.2. The zero-order chi connectivity index (χ0) is 15.2. The highest BCUT2D eigenvalue weighted by Gasteiger charge is 2.17. The van der Waals surface area contributed by atoms with Gasteiger partial charge in [-0.25, -0.2) is 0 Å². The van der Waals surface area contributed by atoms with Gasteiger partial charge < -0.3 is 11.5 Å². The van der Waals surface area contributed by atoms with Crippen LogP contribution in [0.15, 0.2) is 0 Å². The molecule has 4 heteroatoms. The Balaban J connectivity index is 3.24. The fourth-order valence-electron chi connectivity index (χ4n) is 2.28. The number of carbonyl (C=O) groups is 2. The normalized spacial score (nSPS) is 12.3. The van der Waals surface area contributed by atoms with Crippen molar-refractivity contribution in [3.8, 4) is 0 Å². The Morgan fingerprint density at radius 2 is 1.20 bits per heavy atom. The Hall–Kier alpha value is -0.900. The Kier molecular flexibility index (Phi) is 12.5. The van der Waals surface area contributed by atoms with Crippen molar-refractivity contribution in [3.05, 3.63) is 0 Å². The molecule has 0 rings (SSSR count). The molecule has 0 saturated carbocycles. The minimum atomic E-state index is -1.11. The summed E-state index contributed by atoms with van der Waals surface area (Å²) in [7, 11) is 0. The molecule has 0 aromatic rings. The summed E-state index contributed by atoms with van der Waals surface area (Å²) in [5, 5.41) is 0. The predicted octanol–water partition coefficient (Wildman–Crippen LogP) is 3.07. The lowest BCUT2D eigenvalue weighted by molar-refractivity contribution is -0.128. The third kappa shape index (κ3) is 11.0. The molecule has 0 aliphatic heterocycles. The topological polar surface area (TPSA) is 86.2 Å². The van der Waals surface area contributed by atoms with E-state index in [-0.39, 0.29) is 5.78 Å². The average molecular weight is 284 g/mol. The monoisotopic (exact) mass is 284 g/mol. The largest absolute Gasteiger partial charge is 0.368 e. The van der Waals surface area contributed by atoms with Crippen LogP contribution in [-0.4, -0.2) is 17.7 Å². The van der Waals surface area contributed by atoms with E-state index >= 15 is 0 Å². The van der Waals surface area contributed by atoms with Gasteiger partial charge in [-0.05, 0) is 6.42 Å². The Labute approximate surface area is 123 Å². The standard InChI is InChI=1S/C16H32N2O2/c1-2-3-4-5-6-7-8-9-10-11-12-13-14(19)15(17)16(18)20/h15H,2-13,17H2,1H3,(H2,18,20). The molecule has 0 aromatic heterocycles. The summed E-state index contributed by atoms with van der Waals surface area (Å²) < 4.78 is 0. The molecular weight excluding hydrogens is 252 g/mol. The molecule has 20 heavy (non-hydrogen) atoms. The lowest BCUT2D eigenvalue weighted by Gasteiger charge is -2.06. The van der Waals surface area contributed by atoms with Crippen molar-refractivity contribution in [3.63, 3.8) is 0 Å². The smallest absolute Gasteiger partial charge is 0.242 e. The van der Waals surface area contributed by atoms with Crippen molar-refractivity contribution < 1.29 is 9.59 Å². The van der Waals surface area contributed by atoms with Crippen molar-refractivity contribution in [2.75, 3.05) is 0 Å². The highest BCUT2D eigenvalue weighted by molar-refractivity contribution is 6.04. The minimum Gasteiger partial charge on any atom is -0.368 e. The summed E-state index contributed by atoms with van der Waals surface area (Å²) in [4.78, 5) is 22.1. The molecular formula is C16H32N2O2. The van der Waals surface area contributed by atoms with Gasteiger partial charge in [0.1, 0.15) is 6.04 Å². The van der Waals surface area contributed by atoms with Gasteiger partial charge in [-0.1, -0.05) is 71.1 Å². The van der Waals surface area contributed by atoms with E-state index in [9.17, 15) is 9.59 Å². The summed E-state index contributed by atoms with van der Waals surface area (Å²) in [6, 6.07) is -1.11. The maximum Gasteiger partial charge on any atom is 0.242 e. The molecule has 0 aromatic carbocycles. The van der Waals surface area contributed by atoms with E-state index in [2.05, 4.69) is 6.92 Å². The van der Waals surface area contributed by atoms with Crippen LogP contribution in [0.1, 0.15) is 84.0 Å². The molecule has 0 spiro atoms. The predicted molar refractivity (Wildman–Crippen MR) is 83.3 cm³/mol. The van der Waals surface area contributed by atoms with E-state index in [4.69, 9.17) is 11.5 Å². The number of amides is 1. The van der Waals surface area contributed by atoms with Crippen molar-refractivity contribution in [2.24, 2.45) is 11.5 Å². The molecule has 0 bridgehead atoms. The molecule has 1 unspecified atom stereocenters. The van der Waals surface area contributed by atoms with Gasteiger partial charge in [0.05, 0.1) is 0 Å². The second-order valence-electron chi connectivity index (χ2n) is 5.63. The van der Waals surface area contributed by atoms with Gasteiger partial charge in [-0.2, -0.15) is 0 Å². The lowest BCUT2D eigenvalue weighted by atomic mass is 10.0. The quantitative estimate of drug-likeness (QED) is 0.379. The van der Waals surface area contributed by atoms with Crippen molar-refractivity contribution >= 4 is 11.7 Å². The zero-order valence-corrected chi connectivity index (χ0v) is 13.0. The third-order valence-electron chi connectivity index (χ3n) is 3.68. The number of rotatable bonds is 14. The Bertz CT molecular complexity index is 267. The van der Waals surface area contributed by atoms with Crippen LogP contribution >= 0.6 is 0 Å². The Morgan fingerprint density at radius 3 is 1.60 bits per heavy atom. The van der Waals surface area contributed by atoms with Gasteiger partial charge in [0, 0.05) is 6.42 Å². The van der Waals surface area contributed by atoms with Gasteiger partial charge >= 0.3 is 0 Å². The molecule has 0 fully saturated rings. The first kappa shape index (κ1) is 19.1. The first-order chi connectivity index (χ1) is 9.59. The second-order valence-corrected chi connectivity index (χ2v) is 5.63. The van der Waals surface area contributed by atoms with Crippen LogP contribution in [0.5, 0.6) is 0 Å². The van der Waals surface area contributed by atoms with Crippen LogP contribution < -0.4 is 11.5 Å². The van der Waals surface area contributed by atoms with Gasteiger partial charge in [-0.15, -0.1) is 0 Å². The number of Topliss-reactive ketones (excluding diaryl/α,β-unsaturated/α-hetero) is 1. The molecule has 0 saturated heterocycles. The summed E-state index contributed by atoms with van der Waals surface area (Å²) in [5.41, 5.74) is 10.3. The fraction of sp³-hybridized carbons (Fsp3) is 0.875. The first-order valence-electron chi connectivity index (χ1n) is 8.17. The molecule has 0 aliphatic rings. The number of primary amides is 1. The van der Waals surface area contributed by atoms with Crippen molar-refractivity contribution in [1.29, 1.82) is 0 Å². The van der Waals surface area contributed by atoms with Gasteiger partial charge in [0.25, 0.3) is 0 Å². The van der Waals surface area contributed by atoms with Crippen molar-refractivity contribution in [1.82, 2.24) is 0 Å². The molecule has 0 heterocycles. The second kappa shape index (κ2) is 13.1. The fourth-order valence-corrected chi connectivity index (χ4v) is 2.28. The van der Waals surface area contributed by atoms with Gasteiger partial charge in [0.2, 0.25) is 5.91 Å². The minimum absolute atomic E-state index is 0.228. The number of unbranched alkanes of at least 4 members (excludes halogenated alkanes) is 10. The maximum atomic E-state index is 11.4. The van der Waals surface area contributed by atoms with E-state index in [0.717, 1.165) is 19.3 Å². The molecule has 1 amide bonds. The van der Waals surface area contributed by atoms with E-state index < -0.39 is 11.9 Å². The van der Waals surface area contributed by atoms with Crippen LogP contribution in [0, 0.1) is 0 Å². The van der Waals surface area contributed by atoms with Crippen LogP contribution in [0.3, 0.4) is 0 Å². The van der Waals surface area contributed by atoms with E-state index in [1.807, 2.05) is 0 Å². The van der Waals surface area contributed by atoms with E-state index in [0.29, 0.717) is 6.42 Å². The van der Waals surface area contributed by atoms with E-state index in [1.165, 1.54) is 51.4 Å². The number of nitrogens with two attached hydrogens (primary N) is 2. The summed E-state index contributed by atoms with van der Waals surface area (Å²) in [6.07, 6.45) is 14.0. The van der Waals surface area contributed by atoms with Crippen LogP contribution in [-0.2, 0) is 9.59 Å². The molecule has 118 valence electrons. The molecule has 4 nitrogen and oxygen atoms in total. The summed E-state index contributed by atoms with van der Waals surface area (Å²) in [6.45, 7) is 2.24. The van der Waals surface area contributed by atoms with Crippen LogP contribution in [0.2, 0.25) is 0 Å². The summed E-state index contributed by atoms with van der Waals surface area (Å²) in [5.74, 6) is -0.952. The average Bonchev–Trinajstić information content (AvgIpc) is 2.43. The number of hydrogen-bond acceptors (Lipinski definition) is 3. The zero-order valence-electron chi connectivity index (χ0n) is 13.0. The molecule has 0 aliphatic carbocycles. The maximum absolute atomic E-state index is 11.4. The number of hydrogen-bond donors (Lipinski definition) is 2. The van der Waals surface area contributed by atoms with Gasteiger partial charge in [0.15, 0.2) is 5.78 Å². The molecule has 0 radical (unpaired) electrons.